The molecule has 4 rings (SSSR count). The van der Waals surface area contributed by atoms with Gasteiger partial charge in [-0.1, -0.05) is 13.8 Å². The number of ether oxygens (including phenoxy) is 3. The molecule has 1 saturated heterocycles. The zero-order chi connectivity index (χ0) is 28.6. The zero-order valence-corrected chi connectivity index (χ0v) is 23.5. The molecule has 10 heteroatoms. The third-order valence-corrected chi connectivity index (χ3v) is 6.92. The van der Waals surface area contributed by atoms with Gasteiger partial charge in [0.05, 0.1) is 19.2 Å². The van der Waals surface area contributed by atoms with Gasteiger partial charge in [-0.15, -0.1) is 0 Å². The van der Waals surface area contributed by atoms with Crippen LogP contribution in [-0.4, -0.2) is 62.1 Å². The van der Waals surface area contributed by atoms with E-state index in [1.165, 1.54) is 12.1 Å². The smallest absolute Gasteiger partial charge is 0.313 e. The fourth-order valence-electron chi connectivity index (χ4n) is 4.45. The number of methoxy groups -OCH3 is 1. The van der Waals surface area contributed by atoms with E-state index >= 15 is 0 Å². The monoisotopic (exact) mass is 552 g/mol. The van der Waals surface area contributed by atoms with E-state index in [2.05, 4.69) is 27.6 Å². The number of anilines is 1. The molecule has 0 radical (unpaired) electrons. The van der Waals surface area contributed by atoms with Crippen LogP contribution in [-0.2, 0) is 9.59 Å². The Morgan fingerprint density at radius 1 is 1.05 bits per heavy atom. The number of carbonyl (C=O) groups excluding carboxylic acids is 2. The van der Waals surface area contributed by atoms with E-state index in [9.17, 15) is 14.0 Å². The minimum atomic E-state index is -0.863. The summed E-state index contributed by atoms with van der Waals surface area (Å²) in [6.45, 7) is 7.15. The molecule has 0 atom stereocenters. The molecule has 0 spiro atoms. The molecule has 1 fully saturated rings. The second-order valence-electron chi connectivity index (χ2n) is 10.5. The van der Waals surface area contributed by atoms with Crippen LogP contribution in [0.15, 0.2) is 42.6 Å². The lowest BCUT2D eigenvalue weighted by Gasteiger charge is -2.28. The number of benzene rings is 2. The number of aromatic nitrogens is 1. The molecule has 0 unspecified atom stereocenters. The predicted molar refractivity (Wildman–Crippen MR) is 152 cm³/mol. The first-order chi connectivity index (χ1) is 19.2. The maximum Gasteiger partial charge on any atom is 0.313 e. The summed E-state index contributed by atoms with van der Waals surface area (Å²) in [7, 11) is 3.70. The first-order valence-electron chi connectivity index (χ1n) is 13.6. The number of likely N-dealkylation sites (tertiary alicyclic amines) is 1. The van der Waals surface area contributed by atoms with Crippen LogP contribution >= 0.6 is 0 Å². The number of carbonyl (C=O) groups is 2. The highest BCUT2D eigenvalue weighted by Gasteiger charge is 2.20. The van der Waals surface area contributed by atoms with Crippen LogP contribution in [0.25, 0.3) is 10.9 Å². The van der Waals surface area contributed by atoms with Gasteiger partial charge in [0.15, 0.2) is 23.1 Å². The van der Waals surface area contributed by atoms with Crippen LogP contribution in [0, 0.1) is 17.7 Å². The Balaban J connectivity index is 1.44. The summed E-state index contributed by atoms with van der Waals surface area (Å²) in [5.74, 6) is 0.00165. The van der Waals surface area contributed by atoms with E-state index in [0.29, 0.717) is 53.1 Å². The average molecular weight is 553 g/mol. The number of hydrogen-bond donors (Lipinski definition) is 2. The molecule has 40 heavy (non-hydrogen) atoms. The lowest BCUT2D eigenvalue weighted by atomic mass is 9.98. The van der Waals surface area contributed by atoms with Crippen molar-refractivity contribution in [3.05, 3.63) is 48.4 Å². The summed E-state index contributed by atoms with van der Waals surface area (Å²) in [5.41, 5.74) is 0.756. The molecule has 2 amide bonds. The number of hydrogen-bond acceptors (Lipinski definition) is 7. The molecule has 2 aromatic carbocycles. The van der Waals surface area contributed by atoms with E-state index in [-0.39, 0.29) is 11.4 Å². The number of pyridine rings is 1. The molecular formula is C30H37FN4O5. The second-order valence-corrected chi connectivity index (χ2v) is 10.5. The first-order valence-corrected chi connectivity index (χ1v) is 13.6. The van der Waals surface area contributed by atoms with Crippen LogP contribution < -0.4 is 24.8 Å². The van der Waals surface area contributed by atoms with E-state index < -0.39 is 17.6 Å². The van der Waals surface area contributed by atoms with E-state index in [1.54, 1.807) is 31.5 Å². The molecular weight excluding hydrogens is 515 g/mol. The standard InChI is InChI=1S/C30H37FN4O5/c1-19(2)7-11-33-29(36)30(37)34-21-5-6-26(23(31)15-21)40-25-8-12-32-24-17-28(27(38-4)16-22(24)25)39-18-20-9-13-35(3)14-10-20/h5-6,8,12,15-17,19-20H,7,9-11,13-14,18H2,1-4H3,(H,33,36)(H,34,37). The fourth-order valence-corrected chi connectivity index (χ4v) is 4.45. The third-order valence-electron chi connectivity index (χ3n) is 6.92. The minimum Gasteiger partial charge on any atom is -0.493 e. The van der Waals surface area contributed by atoms with Crippen molar-refractivity contribution < 1.29 is 28.2 Å². The number of amides is 2. The Morgan fingerprint density at radius 2 is 1.82 bits per heavy atom. The minimum absolute atomic E-state index is 0.0477. The molecule has 2 heterocycles. The SMILES string of the molecule is COc1cc2c(Oc3ccc(NC(=O)C(=O)NCCC(C)C)cc3F)ccnc2cc1OCC1CCN(C)CC1. The molecule has 1 aromatic heterocycles. The van der Waals surface area contributed by atoms with Crippen LogP contribution in [0.2, 0.25) is 0 Å². The van der Waals surface area contributed by atoms with Gasteiger partial charge in [0.25, 0.3) is 0 Å². The molecule has 1 aliphatic rings. The van der Waals surface area contributed by atoms with Gasteiger partial charge in [0.1, 0.15) is 5.75 Å². The number of rotatable bonds is 10. The zero-order valence-electron chi connectivity index (χ0n) is 23.5. The maximum atomic E-state index is 14.9. The summed E-state index contributed by atoms with van der Waals surface area (Å²) >= 11 is 0. The Hall–Kier alpha value is -3.92. The Bertz CT molecular complexity index is 1340. The van der Waals surface area contributed by atoms with Crippen molar-refractivity contribution in [3.8, 4) is 23.0 Å². The van der Waals surface area contributed by atoms with Gasteiger partial charge in [-0.2, -0.15) is 0 Å². The van der Waals surface area contributed by atoms with Crippen molar-refractivity contribution in [2.45, 2.75) is 33.1 Å². The molecule has 2 N–H and O–H groups in total. The van der Waals surface area contributed by atoms with Crippen molar-refractivity contribution >= 4 is 28.4 Å². The topological polar surface area (TPSA) is 102 Å². The highest BCUT2D eigenvalue weighted by atomic mass is 19.1. The maximum absolute atomic E-state index is 14.9. The van der Waals surface area contributed by atoms with Gasteiger partial charge in [-0.05, 0) is 75.5 Å². The summed E-state index contributed by atoms with van der Waals surface area (Å²) in [5, 5.41) is 5.59. The number of nitrogens with zero attached hydrogens (tertiary/aromatic N) is 2. The van der Waals surface area contributed by atoms with Crippen LogP contribution in [0.4, 0.5) is 10.1 Å². The predicted octanol–water partition coefficient (Wildman–Crippen LogP) is 5.00. The van der Waals surface area contributed by atoms with Gasteiger partial charge in [-0.3, -0.25) is 14.6 Å². The van der Waals surface area contributed by atoms with Crippen LogP contribution in [0.5, 0.6) is 23.0 Å². The van der Waals surface area contributed by atoms with Crippen molar-refractivity contribution in [1.82, 2.24) is 15.2 Å². The summed E-state index contributed by atoms with van der Waals surface area (Å²) in [4.78, 5) is 30.9. The van der Waals surface area contributed by atoms with Crippen LogP contribution in [0.3, 0.4) is 0 Å². The lowest BCUT2D eigenvalue weighted by molar-refractivity contribution is -0.136. The van der Waals surface area contributed by atoms with E-state index in [4.69, 9.17) is 14.2 Å². The largest absolute Gasteiger partial charge is 0.493 e. The quantitative estimate of drug-likeness (QED) is 0.342. The Kier molecular flexibility index (Phi) is 9.76. The molecule has 214 valence electrons. The van der Waals surface area contributed by atoms with E-state index in [0.717, 1.165) is 38.4 Å². The molecule has 3 aromatic rings. The number of nitrogens with one attached hydrogen (secondary N) is 2. The van der Waals surface area contributed by atoms with Gasteiger partial charge in [0, 0.05) is 35.9 Å². The van der Waals surface area contributed by atoms with Crippen molar-refractivity contribution in [2.75, 3.05) is 45.7 Å². The summed E-state index contributed by atoms with van der Waals surface area (Å²) < 4.78 is 32.6. The fraction of sp³-hybridized carbons (Fsp3) is 0.433. The first kappa shape index (κ1) is 29.1. The van der Waals surface area contributed by atoms with Gasteiger partial charge < -0.3 is 29.7 Å². The van der Waals surface area contributed by atoms with Crippen molar-refractivity contribution in [1.29, 1.82) is 0 Å². The summed E-state index contributed by atoms with van der Waals surface area (Å²) in [6, 6.07) is 9.18. The molecule has 0 aliphatic carbocycles. The number of piperidine rings is 1. The highest BCUT2D eigenvalue weighted by molar-refractivity contribution is 6.39. The molecule has 0 saturated carbocycles. The Labute approximate surface area is 234 Å². The molecule has 1 aliphatic heterocycles. The average Bonchev–Trinajstić information content (AvgIpc) is 2.93. The normalized spacial score (nSPS) is 14.2. The van der Waals surface area contributed by atoms with Gasteiger partial charge in [0.2, 0.25) is 0 Å². The van der Waals surface area contributed by atoms with Crippen LogP contribution in [0.1, 0.15) is 33.1 Å². The number of halogens is 1. The Morgan fingerprint density at radius 3 is 2.52 bits per heavy atom. The van der Waals surface area contributed by atoms with Crippen molar-refractivity contribution in [3.63, 3.8) is 0 Å². The van der Waals surface area contributed by atoms with Gasteiger partial charge >= 0.3 is 11.8 Å². The van der Waals surface area contributed by atoms with E-state index in [1.807, 2.05) is 13.8 Å². The highest BCUT2D eigenvalue weighted by Crippen LogP contribution is 2.38. The second kappa shape index (κ2) is 13.4. The van der Waals surface area contributed by atoms with Crippen molar-refractivity contribution in [2.24, 2.45) is 11.8 Å². The summed E-state index contributed by atoms with van der Waals surface area (Å²) in [6.07, 6.45) is 4.50. The molecule has 9 nitrogen and oxygen atoms in total. The molecule has 0 bridgehead atoms. The third kappa shape index (κ3) is 7.59. The lowest BCUT2D eigenvalue weighted by Crippen LogP contribution is -2.36. The van der Waals surface area contributed by atoms with Gasteiger partial charge in [-0.25, -0.2) is 4.39 Å². The number of fused-ring (bicyclic) bond motifs is 1.